The molecule has 1 fully saturated rings. The summed E-state index contributed by atoms with van der Waals surface area (Å²) in [5, 5.41) is 6.69. The fourth-order valence-corrected chi connectivity index (χ4v) is 3.35. The summed E-state index contributed by atoms with van der Waals surface area (Å²) in [6.45, 7) is 3.62. The molecule has 3 aromatic rings. The van der Waals surface area contributed by atoms with E-state index in [4.69, 9.17) is 4.52 Å². The zero-order chi connectivity index (χ0) is 20.9. The molecule has 0 atom stereocenters. The minimum Gasteiger partial charge on any atom is -0.355 e. The van der Waals surface area contributed by atoms with Crippen LogP contribution in [0.2, 0.25) is 0 Å². The van der Waals surface area contributed by atoms with Crippen LogP contribution in [0.4, 0.5) is 0 Å². The third-order valence-corrected chi connectivity index (χ3v) is 5.25. The Hall–Kier alpha value is -3.45. The fourth-order valence-electron chi connectivity index (χ4n) is 3.35. The van der Waals surface area contributed by atoms with Crippen LogP contribution in [0.25, 0.3) is 11.3 Å². The third kappa shape index (κ3) is 4.58. The Bertz CT molecular complexity index is 1010. The highest BCUT2D eigenvalue weighted by Crippen LogP contribution is 2.19. The summed E-state index contributed by atoms with van der Waals surface area (Å²) in [5.41, 5.74) is 2.67. The number of piperazine rings is 1. The van der Waals surface area contributed by atoms with Gasteiger partial charge in [-0.2, -0.15) is 0 Å². The van der Waals surface area contributed by atoms with Crippen molar-refractivity contribution in [3.63, 3.8) is 0 Å². The van der Waals surface area contributed by atoms with Crippen LogP contribution in [0.5, 0.6) is 0 Å². The van der Waals surface area contributed by atoms with Crippen LogP contribution in [0.1, 0.15) is 26.4 Å². The maximum atomic E-state index is 12.6. The van der Waals surface area contributed by atoms with E-state index >= 15 is 0 Å². The Labute approximate surface area is 175 Å². The Kier molecular flexibility index (Phi) is 5.90. The minimum absolute atomic E-state index is 0.0507. The molecule has 154 valence electrons. The van der Waals surface area contributed by atoms with Crippen molar-refractivity contribution in [1.82, 2.24) is 20.3 Å². The molecular weight excluding hydrogens is 380 g/mol. The second kappa shape index (κ2) is 8.92. The molecule has 0 saturated carbocycles. The van der Waals surface area contributed by atoms with Crippen molar-refractivity contribution < 1.29 is 14.1 Å². The molecule has 7 heteroatoms. The number of likely N-dealkylation sites (N-methyl/N-ethyl adjacent to an activating group) is 1. The molecule has 7 nitrogen and oxygen atoms in total. The average molecular weight is 404 g/mol. The summed E-state index contributed by atoms with van der Waals surface area (Å²) >= 11 is 0. The van der Waals surface area contributed by atoms with Crippen LogP contribution < -0.4 is 5.32 Å². The predicted molar refractivity (Wildman–Crippen MR) is 113 cm³/mol. The Morgan fingerprint density at radius 1 is 1.00 bits per heavy atom. The van der Waals surface area contributed by atoms with E-state index < -0.39 is 0 Å². The van der Waals surface area contributed by atoms with E-state index in [2.05, 4.69) is 22.4 Å². The number of benzene rings is 2. The van der Waals surface area contributed by atoms with Crippen LogP contribution in [0, 0.1) is 0 Å². The largest absolute Gasteiger partial charge is 0.355 e. The first kappa shape index (κ1) is 19.8. The lowest BCUT2D eigenvalue weighted by Crippen LogP contribution is -2.47. The molecule has 2 heterocycles. The number of nitrogens with one attached hydrogen (secondary N) is 1. The van der Waals surface area contributed by atoms with E-state index in [1.54, 1.807) is 6.07 Å². The maximum absolute atomic E-state index is 12.6. The average Bonchev–Trinajstić information content (AvgIpc) is 3.29. The molecule has 1 saturated heterocycles. The zero-order valence-corrected chi connectivity index (χ0v) is 16.9. The van der Waals surface area contributed by atoms with Crippen molar-refractivity contribution >= 4 is 11.8 Å². The first-order valence-corrected chi connectivity index (χ1v) is 9.97. The van der Waals surface area contributed by atoms with Crippen molar-refractivity contribution in [2.45, 2.75) is 6.54 Å². The molecule has 1 aromatic heterocycles. The standard InChI is InChI=1S/C23H24N4O3/c1-26-11-13-27(14-12-26)23(29)19-9-7-17(8-10-19)16-24-22(28)20-15-21(30-25-20)18-5-3-2-4-6-18/h2-10,15H,11-14,16H2,1H3,(H,24,28). The molecule has 2 amide bonds. The van der Waals surface area contributed by atoms with Crippen LogP contribution >= 0.6 is 0 Å². The first-order valence-electron chi connectivity index (χ1n) is 9.97. The molecule has 1 aliphatic heterocycles. The number of hydrogen-bond acceptors (Lipinski definition) is 5. The van der Waals surface area contributed by atoms with Gasteiger partial charge >= 0.3 is 0 Å². The van der Waals surface area contributed by atoms with Crippen molar-refractivity contribution in [3.8, 4) is 11.3 Å². The monoisotopic (exact) mass is 404 g/mol. The van der Waals surface area contributed by atoms with E-state index in [1.165, 1.54) is 0 Å². The molecule has 0 bridgehead atoms. The van der Waals surface area contributed by atoms with Crippen LogP contribution in [-0.4, -0.2) is 60.0 Å². The number of rotatable bonds is 5. The van der Waals surface area contributed by atoms with Gasteiger partial charge in [0.1, 0.15) is 0 Å². The second-order valence-electron chi connectivity index (χ2n) is 7.42. The van der Waals surface area contributed by atoms with E-state index in [9.17, 15) is 9.59 Å². The number of carbonyl (C=O) groups excluding carboxylic acids is 2. The quantitative estimate of drug-likeness (QED) is 0.707. The van der Waals surface area contributed by atoms with Gasteiger partial charge in [0, 0.05) is 49.9 Å². The number of aromatic nitrogens is 1. The van der Waals surface area contributed by atoms with Gasteiger partial charge in [-0.25, -0.2) is 0 Å². The predicted octanol–water partition coefficient (Wildman–Crippen LogP) is 2.66. The van der Waals surface area contributed by atoms with E-state index in [0.29, 0.717) is 17.9 Å². The van der Waals surface area contributed by atoms with Crippen molar-refractivity contribution in [2.24, 2.45) is 0 Å². The SMILES string of the molecule is CN1CCN(C(=O)c2ccc(CNC(=O)c3cc(-c4ccccc4)on3)cc2)CC1. The van der Waals surface area contributed by atoms with Crippen LogP contribution in [0.15, 0.2) is 65.2 Å². The number of carbonyl (C=O) groups is 2. The maximum Gasteiger partial charge on any atom is 0.273 e. The smallest absolute Gasteiger partial charge is 0.273 e. The van der Waals surface area contributed by atoms with E-state index in [0.717, 1.165) is 37.3 Å². The summed E-state index contributed by atoms with van der Waals surface area (Å²) in [7, 11) is 2.06. The molecule has 4 rings (SSSR count). The van der Waals surface area contributed by atoms with Gasteiger partial charge in [0.15, 0.2) is 11.5 Å². The normalized spacial score (nSPS) is 14.5. The second-order valence-corrected chi connectivity index (χ2v) is 7.42. The molecule has 0 aliphatic carbocycles. The number of amides is 2. The lowest BCUT2D eigenvalue weighted by molar-refractivity contribution is 0.0664. The number of hydrogen-bond donors (Lipinski definition) is 1. The molecule has 2 aromatic carbocycles. The van der Waals surface area contributed by atoms with Crippen LogP contribution in [0.3, 0.4) is 0 Å². The van der Waals surface area contributed by atoms with Gasteiger partial charge in [0.2, 0.25) is 0 Å². The summed E-state index contributed by atoms with van der Waals surface area (Å²) in [4.78, 5) is 29.1. The summed E-state index contributed by atoms with van der Waals surface area (Å²) in [6, 6.07) is 18.5. The van der Waals surface area contributed by atoms with Gasteiger partial charge in [-0.15, -0.1) is 0 Å². The number of nitrogens with zero attached hydrogens (tertiary/aromatic N) is 3. The molecule has 1 aliphatic rings. The molecule has 0 radical (unpaired) electrons. The van der Waals surface area contributed by atoms with Crippen LogP contribution in [-0.2, 0) is 6.54 Å². The van der Waals surface area contributed by atoms with Crippen molar-refractivity contribution in [3.05, 3.63) is 77.5 Å². The molecule has 30 heavy (non-hydrogen) atoms. The Balaban J connectivity index is 1.32. The first-order chi connectivity index (χ1) is 14.6. The molecule has 1 N–H and O–H groups in total. The van der Waals surface area contributed by atoms with Gasteiger partial charge < -0.3 is 19.6 Å². The topological polar surface area (TPSA) is 78.7 Å². The molecular formula is C23H24N4O3. The molecule has 0 spiro atoms. The lowest BCUT2D eigenvalue weighted by Gasteiger charge is -2.32. The minimum atomic E-state index is -0.307. The third-order valence-electron chi connectivity index (χ3n) is 5.25. The van der Waals surface area contributed by atoms with Gasteiger partial charge in [0.05, 0.1) is 0 Å². The Morgan fingerprint density at radius 2 is 1.70 bits per heavy atom. The van der Waals surface area contributed by atoms with Gasteiger partial charge in [-0.3, -0.25) is 9.59 Å². The highest BCUT2D eigenvalue weighted by Gasteiger charge is 2.20. The summed E-state index contributed by atoms with van der Waals surface area (Å²) in [5.74, 6) is 0.292. The summed E-state index contributed by atoms with van der Waals surface area (Å²) < 4.78 is 5.27. The van der Waals surface area contributed by atoms with Crippen molar-refractivity contribution in [1.29, 1.82) is 0 Å². The van der Waals surface area contributed by atoms with Gasteiger partial charge in [0.25, 0.3) is 11.8 Å². The van der Waals surface area contributed by atoms with E-state index in [1.807, 2.05) is 59.5 Å². The fraction of sp³-hybridized carbons (Fsp3) is 0.261. The van der Waals surface area contributed by atoms with E-state index in [-0.39, 0.29) is 17.5 Å². The lowest BCUT2D eigenvalue weighted by atomic mass is 10.1. The van der Waals surface area contributed by atoms with Gasteiger partial charge in [-0.1, -0.05) is 47.6 Å². The van der Waals surface area contributed by atoms with Gasteiger partial charge in [-0.05, 0) is 24.7 Å². The molecule has 0 unspecified atom stereocenters. The summed E-state index contributed by atoms with van der Waals surface area (Å²) in [6.07, 6.45) is 0. The Morgan fingerprint density at radius 3 is 2.40 bits per heavy atom. The van der Waals surface area contributed by atoms with Crippen molar-refractivity contribution in [2.75, 3.05) is 33.2 Å². The highest BCUT2D eigenvalue weighted by atomic mass is 16.5. The zero-order valence-electron chi connectivity index (χ0n) is 16.9. The highest BCUT2D eigenvalue weighted by molar-refractivity contribution is 5.94.